The topological polar surface area (TPSA) is 0 Å². The van der Waals surface area contributed by atoms with Crippen molar-refractivity contribution in [2.24, 2.45) is 0 Å². The number of hydrogen-bond donors (Lipinski definition) is 0. The lowest BCUT2D eigenvalue weighted by Gasteiger charge is -1.48. The molecule has 0 aliphatic heterocycles. The van der Waals surface area contributed by atoms with Crippen molar-refractivity contribution in [3.63, 3.8) is 0 Å². The molecule has 0 aliphatic rings. The third-order valence-electron chi connectivity index (χ3n) is 0. The van der Waals surface area contributed by atoms with Crippen LogP contribution in [-0.4, -0.2) is 0 Å². The zero-order valence-electron chi connectivity index (χ0n) is 3.12. The van der Waals surface area contributed by atoms with Gasteiger partial charge in [0.15, 0.2) is 0 Å². The van der Waals surface area contributed by atoms with Crippen LogP contribution >= 0.6 is 0 Å². The fraction of sp³-hybridized carbons (Fsp3) is 1.00. The van der Waals surface area contributed by atoms with Crippen LogP contribution in [0.15, 0.2) is 0 Å². The quantitative estimate of drug-likeness (QED) is 0.418. The first-order chi connectivity index (χ1) is 1.41. The Morgan fingerprint density at radius 3 is 1.20 bits per heavy atom. The zero-order chi connectivity index (χ0) is 2.71. The Bertz CT molecular complexity index is 3.61. The summed E-state index contributed by atoms with van der Waals surface area (Å²) in [4.78, 5) is 0. The summed E-state index contributed by atoms with van der Waals surface area (Å²) in [6, 6.07) is 0. The van der Waals surface area contributed by atoms with Gasteiger partial charge in [-0.25, -0.2) is 0 Å². The molecular weight excluding hydrogens is 67.0 g/mol. The highest BCUT2D eigenvalue weighted by Crippen LogP contribution is 1.56. The molecule has 0 atom stereocenters. The van der Waals surface area contributed by atoms with Crippen LogP contribution < -0.4 is 0 Å². The van der Waals surface area contributed by atoms with Crippen molar-refractivity contribution in [2.45, 2.75) is 27.7 Å². The molecule has 0 nitrogen and oxygen atoms in total. The average Bonchev–Trinajstić information content (AvgIpc) is 0.918. The van der Waals surface area contributed by atoms with Gasteiger partial charge in [-0.05, 0) is 0 Å². The van der Waals surface area contributed by atoms with Crippen molar-refractivity contribution >= 4 is 0 Å². The molecule has 0 aromatic rings. The molecule has 0 saturated heterocycles. The first-order valence-electron chi connectivity index (χ1n) is 1.41. The normalized spacial score (nSPS) is 3.60. The maximum Gasteiger partial charge on any atom is -0.0590 e. The summed E-state index contributed by atoms with van der Waals surface area (Å²) in [5, 5.41) is 0. The number of halogens is 1. The molecule has 0 heterocycles. The summed E-state index contributed by atoms with van der Waals surface area (Å²) in [7, 11) is 0. The molecule has 0 fully saturated rings. The van der Waals surface area contributed by atoms with Gasteiger partial charge in [-0.2, -0.15) is 0 Å². The molecule has 0 rings (SSSR count). The van der Waals surface area contributed by atoms with Crippen molar-refractivity contribution < 1.29 is 4.70 Å². The van der Waals surface area contributed by atoms with Gasteiger partial charge < -0.3 is 0 Å². The summed E-state index contributed by atoms with van der Waals surface area (Å²) >= 11 is 0. The standard InChI is InChI=1S/C3H8.CH4.FH/c1-3-2;;/h3H2,1-2H3;1H4;1H. The van der Waals surface area contributed by atoms with Crippen molar-refractivity contribution in [2.75, 3.05) is 0 Å². The molecule has 0 spiro atoms. The lowest BCUT2D eigenvalue weighted by atomic mass is 10.6. The molecule has 1 heteroatoms. The molecule has 0 N–H and O–H groups in total. The number of rotatable bonds is 0. The van der Waals surface area contributed by atoms with E-state index in [0.29, 0.717) is 0 Å². The van der Waals surface area contributed by atoms with Crippen LogP contribution in [-0.2, 0) is 0 Å². The van der Waals surface area contributed by atoms with E-state index in [4.69, 9.17) is 0 Å². The smallest absolute Gasteiger partial charge is 0.0590 e. The van der Waals surface area contributed by atoms with Gasteiger partial charge in [0.25, 0.3) is 0 Å². The van der Waals surface area contributed by atoms with Gasteiger partial charge >= 0.3 is 0 Å². The second-order valence-electron chi connectivity index (χ2n) is 0.707. The van der Waals surface area contributed by atoms with Gasteiger partial charge in [-0.1, -0.05) is 27.7 Å². The van der Waals surface area contributed by atoms with E-state index in [-0.39, 0.29) is 12.1 Å². The van der Waals surface area contributed by atoms with Crippen molar-refractivity contribution in [1.29, 1.82) is 0 Å². The first-order valence-corrected chi connectivity index (χ1v) is 1.41. The van der Waals surface area contributed by atoms with E-state index >= 15 is 0 Å². The molecule has 5 heavy (non-hydrogen) atoms. The molecule has 0 unspecified atom stereocenters. The third-order valence-corrected chi connectivity index (χ3v) is 0. The predicted octanol–water partition coefficient (Wildman–Crippen LogP) is 2.20. The zero-order valence-corrected chi connectivity index (χ0v) is 3.12. The summed E-state index contributed by atoms with van der Waals surface area (Å²) < 4.78 is 0. The van der Waals surface area contributed by atoms with Crippen LogP contribution in [0, 0.1) is 0 Å². The van der Waals surface area contributed by atoms with Gasteiger partial charge in [0, 0.05) is 0 Å². The minimum Gasteiger partial charge on any atom is -0.269 e. The second kappa shape index (κ2) is 39.0. The molecule has 0 amide bonds. The number of hydrogen-bond acceptors (Lipinski definition) is 0. The van der Waals surface area contributed by atoms with Crippen LogP contribution in [0.4, 0.5) is 4.70 Å². The molecule has 0 aliphatic carbocycles. The Labute approximate surface area is 33.6 Å². The Balaban J connectivity index is -0.0000000200. The fourth-order valence-corrected chi connectivity index (χ4v) is 0. The van der Waals surface area contributed by atoms with E-state index in [1.165, 1.54) is 6.42 Å². The lowest BCUT2D eigenvalue weighted by molar-refractivity contribution is 1.09. The highest BCUT2D eigenvalue weighted by atomic mass is 19.0. The molecule has 0 saturated carbocycles. The molecule has 0 aromatic heterocycles. The maximum atomic E-state index is 2.12. The Hall–Kier alpha value is -0.0700. The van der Waals surface area contributed by atoms with E-state index in [1.54, 1.807) is 0 Å². The third kappa shape index (κ3) is 2990. The second-order valence-corrected chi connectivity index (χ2v) is 0.707. The van der Waals surface area contributed by atoms with Gasteiger partial charge in [-0.15, -0.1) is 0 Å². The van der Waals surface area contributed by atoms with Gasteiger partial charge in [0.05, 0.1) is 0 Å². The fourth-order valence-electron chi connectivity index (χ4n) is 0. The molecule has 36 valence electrons. The van der Waals surface area contributed by atoms with Crippen molar-refractivity contribution in [3.8, 4) is 0 Å². The predicted molar refractivity (Wildman–Crippen MR) is 25.2 cm³/mol. The highest BCUT2D eigenvalue weighted by Gasteiger charge is 1.35. The summed E-state index contributed by atoms with van der Waals surface area (Å²) in [5.74, 6) is 0. The SMILES string of the molecule is C.CCC.F. The first kappa shape index (κ1) is 20.4. The molecular formula is C4H13F. The lowest BCUT2D eigenvalue weighted by Crippen LogP contribution is -1.27. The monoisotopic (exact) mass is 80.1 g/mol. The van der Waals surface area contributed by atoms with E-state index < -0.39 is 0 Å². The van der Waals surface area contributed by atoms with E-state index in [0.717, 1.165) is 0 Å². The Kier molecular flexibility index (Phi) is 159. The molecule has 0 radical (unpaired) electrons. The van der Waals surface area contributed by atoms with Gasteiger partial charge in [-0.3, -0.25) is 4.70 Å². The summed E-state index contributed by atoms with van der Waals surface area (Å²) in [6.45, 7) is 4.25. The van der Waals surface area contributed by atoms with Crippen molar-refractivity contribution in [1.82, 2.24) is 0 Å². The van der Waals surface area contributed by atoms with Crippen LogP contribution in [0.2, 0.25) is 0 Å². The Morgan fingerprint density at radius 1 is 1.20 bits per heavy atom. The Morgan fingerprint density at radius 2 is 1.20 bits per heavy atom. The van der Waals surface area contributed by atoms with E-state index in [9.17, 15) is 0 Å². The average molecular weight is 80.1 g/mol. The highest BCUT2D eigenvalue weighted by molar-refractivity contribution is 3.92. The molecule has 0 bridgehead atoms. The van der Waals surface area contributed by atoms with Crippen LogP contribution in [0.3, 0.4) is 0 Å². The minimum absolute atomic E-state index is 0. The van der Waals surface area contributed by atoms with Crippen LogP contribution in [0.25, 0.3) is 0 Å². The summed E-state index contributed by atoms with van der Waals surface area (Å²) in [5.41, 5.74) is 0. The maximum absolute atomic E-state index is 2.12. The van der Waals surface area contributed by atoms with Gasteiger partial charge in [0.1, 0.15) is 0 Å². The van der Waals surface area contributed by atoms with E-state index in [2.05, 4.69) is 13.8 Å². The van der Waals surface area contributed by atoms with Crippen molar-refractivity contribution in [3.05, 3.63) is 0 Å². The molecule has 0 aromatic carbocycles. The van der Waals surface area contributed by atoms with Gasteiger partial charge in [0.2, 0.25) is 0 Å². The summed E-state index contributed by atoms with van der Waals surface area (Å²) in [6.07, 6.45) is 1.25. The van der Waals surface area contributed by atoms with Crippen LogP contribution in [0.5, 0.6) is 0 Å². The van der Waals surface area contributed by atoms with E-state index in [1.807, 2.05) is 0 Å². The largest absolute Gasteiger partial charge is 0.269 e. The minimum atomic E-state index is 0. The van der Waals surface area contributed by atoms with Crippen LogP contribution in [0.1, 0.15) is 27.7 Å².